The number of aromatic nitrogens is 1. The number of ether oxygens (including phenoxy) is 2. The summed E-state index contributed by atoms with van der Waals surface area (Å²) in [6.45, 7) is 6.46. The highest BCUT2D eigenvalue weighted by atomic mass is 16.5. The molecule has 0 bridgehead atoms. The standard InChI is InChI=1S/C20H26N2O4/c1-6-26-20(24)18-13(2)19(21-14(18)3)17(23)12-22(4)11-15-8-7-9-16(10-15)25-5/h7-10,21H,6,11-12H2,1-5H3. The van der Waals surface area contributed by atoms with Gasteiger partial charge < -0.3 is 14.5 Å². The first-order chi connectivity index (χ1) is 12.4. The quantitative estimate of drug-likeness (QED) is 0.580. The third-order valence-electron chi connectivity index (χ3n) is 4.20. The Kier molecular flexibility index (Phi) is 6.58. The maximum Gasteiger partial charge on any atom is 0.340 e. The fourth-order valence-electron chi connectivity index (χ4n) is 3.00. The van der Waals surface area contributed by atoms with Crippen LogP contribution in [0.3, 0.4) is 0 Å². The zero-order valence-electron chi connectivity index (χ0n) is 16.0. The maximum absolute atomic E-state index is 12.7. The van der Waals surface area contributed by atoms with Crippen LogP contribution in [-0.2, 0) is 11.3 Å². The number of aromatic amines is 1. The van der Waals surface area contributed by atoms with E-state index < -0.39 is 5.97 Å². The highest BCUT2D eigenvalue weighted by molar-refractivity contribution is 6.02. The van der Waals surface area contributed by atoms with Gasteiger partial charge in [0.05, 0.1) is 31.5 Å². The Hall–Kier alpha value is -2.60. The molecule has 6 nitrogen and oxygen atoms in total. The lowest BCUT2D eigenvalue weighted by molar-refractivity contribution is 0.0525. The normalized spacial score (nSPS) is 10.8. The van der Waals surface area contributed by atoms with Gasteiger partial charge in [-0.15, -0.1) is 0 Å². The number of likely N-dealkylation sites (N-methyl/N-ethyl adjacent to an activating group) is 1. The molecule has 1 aromatic heterocycles. The van der Waals surface area contributed by atoms with Gasteiger partial charge in [0.1, 0.15) is 5.75 Å². The molecule has 1 heterocycles. The molecule has 1 N–H and O–H groups in total. The fourth-order valence-corrected chi connectivity index (χ4v) is 3.00. The smallest absolute Gasteiger partial charge is 0.340 e. The molecule has 0 atom stereocenters. The zero-order valence-corrected chi connectivity index (χ0v) is 16.0. The molecule has 0 aliphatic carbocycles. The SMILES string of the molecule is CCOC(=O)c1c(C)[nH]c(C(=O)CN(C)Cc2cccc(OC)c2)c1C. The number of nitrogens with one attached hydrogen (secondary N) is 1. The summed E-state index contributed by atoms with van der Waals surface area (Å²) < 4.78 is 10.3. The number of hydrogen-bond acceptors (Lipinski definition) is 5. The average molecular weight is 358 g/mol. The van der Waals surface area contributed by atoms with Crippen LogP contribution in [-0.4, -0.2) is 48.9 Å². The van der Waals surface area contributed by atoms with Gasteiger partial charge in [0, 0.05) is 12.2 Å². The third kappa shape index (κ3) is 4.52. The van der Waals surface area contributed by atoms with Crippen LogP contribution in [0.5, 0.6) is 5.75 Å². The van der Waals surface area contributed by atoms with Gasteiger partial charge >= 0.3 is 5.97 Å². The molecule has 0 spiro atoms. The van der Waals surface area contributed by atoms with Crippen molar-refractivity contribution in [3.8, 4) is 5.75 Å². The van der Waals surface area contributed by atoms with Crippen LogP contribution in [0.2, 0.25) is 0 Å². The molecule has 140 valence electrons. The first-order valence-electron chi connectivity index (χ1n) is 8.58. The molecule has 1 aromatic carbocycles. The van der Waals surface area contributed by atoms with E-state index in [-0.39, 0.29) is 12.3 Å². The highest BCUT2D eigenvalue weighted by Crippen LogP contribution is 2.20. The summed E-state index contributed by atoms with van der Waals surface area (Å²) in [6.07, 6.45) is 0. The predicted molar refractivity (Wildman–Crippen MR) is 99.9 cm³/mol. The number of aryl methyl sites for hydroxylation is 1. The molecule has 0 radical (unpaired) electrons. The molecule has 0 unspecified atom stereocenters. The average Bonchev–Trinajstić information content (AvgIpc) is 2.89. The molecule has 0 fully saturated rings. The lowest BCUT2D eigenvalue weighted by Crippen LogP contribution is -2.26. The largest absolute Gasteiger partial charge is 0.497 e. The van der Waals surface area contributed by atoms with Gasteiger partial charge in [0.25, 0.3) is 0 Å². The van der Waals surface area contributed by atoms with Crippen molar-refractivity contribution in [1.82, 2.24) is 9.88 Å². The Bertz CT molecular complexity index is 795. The number of ketones is 1. The monoisotopic (exact) mass is 358 g/mol. The number of benzene rings is 1. The van der Waals surface area contributed by atoms with Gasteiger partial charge in [-0.3, -0.25) is 9.69 Å². The molecular formula is C20H26N2O4. The summed E-state index contributed by atoms with van der Waals surface area (Å²) in [5, 5.41) is 0. The van der Waals surface area contributed by atoms with Gasteiger partial charge in [0.15, 0.2) is 5.78 Å². The van der Waals surface area contributed by atoms with Crippen LogP contribution in [0.1, 0.15) is 44.6 Å². The van der Waals surface area contributed by atoms with E-state index in [0.717, 1.165) is 11.3 Å². The van der Waals surface area contributed by atoms with Gasteiger partial charge in [-0.25, -0.2) is 4.79 Å². The van der Waals surface area contributed by atoms with Gasteiger partial charge in [-0.05, 0) is 51.1 Å². The fraction of sp³-hybridized carbons (Fsp3) is 0.400. The van der Waals surface area contributed by atoms with Crippen molar-refractivity contribution in [3.05, 3.63) is 52.3 Å². The lowest BCUT2D eigenvalue weighted by Gasteiger charge is -2.16. The summed E-state index contributed by atoms with van der Waals surface area (Å²) in [5.41, 5.74) is 3.26. The summed E-state index contributed by atoms with van der Waals surface area (Å²) in [7, 11) is 3.51. The van der Waals surface area contributed by atoms with Crippen molar-refractivity contribution in [1.29, 1.82) is 0 Å². The Morgan fingerprint density at radius 1 is 1.23 bits per heavy atom. The second kappa shape index (κ2) is 8.67. The maximum atomic E-state index is 12.7. The first-order valence-corrected chi connectivity index (χ1v) is 8.58. The number of Topliss-reactive ketones (excluding diaryl/α,β-unsaturated/α-hetero) is 1. The van der Waals surface area contributed by atoms with E-state index in [0.29, 0.717) is 35.7 Å². The number of H-pyrrole nitrogens is 1. The van der Waals surface area contributed by atoms with Gasteiger partial charge in [0.2, 0.25) is 0 Å². The zero-order chi connectivity index (χ0) is 19.3. The molecule has 6 heteroatoms. The summed E-state index contributed by atoms with van der Waals surface area (Å²) in [5.74, 6) is 0.325. The van der Waals surface area contributed by atoms with E-state index in [4.69, 9.17) is 9.47 Å². The van der Waals surface area contributed by atoms with Gasteiger partial charge in [-0.2, -0.15) is 0 Å². The minimum atomic E-state index is -0.400. The highest BCUT2D eigenvalue weighted by Gasteiger charge is 2.23. The van der Waals surface area contributed by atoms with Crippen molar-refractivity contribution in [2.75, 3.05) is 27.3 Å². The Morgan fingerprint density at radius 3 is 2.62 bits per heavy atom. The van der Waals surface area contributed by atoms with Crippen molar-refractivity contribution in [2.45, 2.75) is 27.3 Å². The van der Waals surface area contributed by atoms with E-state index >= 15 is 0 Å². The molecule has 2 rings (SSSR count). The van der Waals surface area contributed by atoms with E-state index in [9.17, 15) is 9.59 Å². The lowest BCUT2D eigenvalue weighted by atomic mass is 10.1. The molecule has 0 aliphatic rings. The van der Waals surface area contributed by atoms with Crippen molar-refractivity contribution < 1.29 is 19.1 Å². The summed E-state index contributed by atoms with van der Waals surface area (Å²) >= 11 is 0. The van der Waals surface area contributed by atoms with Crippen molar-refractivity contribution in [3.63, 3.8) is 0 Å². The Balaban J connectivity index is 2.09. The summed E-state index contributed by atoms with van der Waals surface area (Å²) in [4.78, 5) is 29.7. The van der Waals surface area contributed by atoms with Crippen molar-refractivity contribution in [2.24, 2.45) is 0 Å². The topological polar surface area (TPSA) is 71.6 Å². The van der Waals surface area contributed by atoms with E-state index in [1.165, 1.54) is 0 Å². The van der Waals surface area contributed by atoms with Crippen LogP contribution in [0.15, 0.2) is 24.3 Å². The van der Waals surface area contributed by atoms with Crippen molar-refractivity contribution >= 4 is 11.8 Å². The number of nitrogens with zero attached hydrogens (tertiary/aromatic N) is 1. The second-order valence-corrected chi connectivity index (χ2v) is 6.29. The van der Waals surface area contributed by atoms with Crippen LogP contribution >= 0.6 is 0 Å². The van der Waals surface area contributed by atoms with Gasteiger partial charge in [-0.1, -0.05) is 12.1 Å². The number of esters is 1. The predicted octanol–water partition coefficient (Wildman–Crippen LogP) is 3.13. The number of carbonyl (C=O) groups excluding carboxylic acids is 2. The first kappa shape index (κ1) is 19.7. The molecule has 26 heavy (non-hydrogen) atoms. The van der Waals surface area contributed by atoms with Crippen LogP contribution < -0.4 is 4.74 Å². The molecule has 2 aromatic rings. The molecule has 0 amide bonds. The van der Waals surface area contributed by atoms with Crippen LogP contribution in [0.4, 0.5) is 0 Å². The van der Waals surface area contributed by atoms with E-state index in [2.05, 4.69) is 4.98 Å². The van der Waals surface area contributed by atoms with E-state index in [1.807, 2.05) is 36.2 Å². The Labute approximate surface area is 154 Å². The molecular weight excluding hydrogens is 332 g/mol. The third-order valence-corrected chi connectivity index (χ3v) is 4.20. The van der Waals surface area contributed by atoms with E-state index in [1.54, 1.807) is 27.9 Å². The minimum Gasteiger partial charge on any atom is -0.497 e. The molecule has 0 saturated carbocycles. The number of carbonyl (C=O) groups is 2. The number of rotatable bonds is 8. The minimum absolute atomic E-state index is 0.0634. The molecule has 0 aliphatic heterocycles. The Morgan fingerprint density at radius 2 is 1.96 bits per heavy atom. The number of hydrogen-bond donors (Lipinski definition) is 1. The second-order valence-electron chi connectivity index (χ2n) is 6.29. The number of methoxy groups -OCH3 is 1. The summed E-state index contributed by atoms with van der Waals surface area (Å²) in [6, 6.07) is 7.75. The van der Waals surface area contributed by atoms with Crippen LogP contribution in [0, 0.1) is 13.8 Å². The van der Waals surface area contributed by atoms with Crippen LogP contribution in [0.25, 0.3) is 0 Å². The molecule has 0 saturated heterocycles.